The van der Waals surface area contributed by atoms with Crippen molar-refractivity contribution in [2.75, 3.05) is 10.8 Å². The molecule has 1 aromatic heterocycles. The van der Waals surface area contributed by atoms with Gasteiger partial charge in [-0.1, -0.05) is 36.4 Å². The largest absolute Gasteiger partial charge is 0.277 e. The van der Waals surface area contributed by atoms with E-state index in [0.29, 0.717) is 23.5 Å². The number of fused-ring (bicyclic) bond motifs is 3. The van der Waals surface area contributed by atoms with E-state index >= 15 is 0 Å². The number of anilines is 1. The minimum atomic E-state index is -3.63. The van der Waals surface area contributed by atoms with Gasteiger partial charge in [0.2, 0.25) is 0 Å². The quantitative estimate of drug-likeness (QED) is 0.780. The van der Waals surface area contributed by atoms with E-state index in [1.807, 2.05) is 43.3 Å². The second-order valence-corrected chi connectivity index (χ2v) is 7.71. The number of hydrogen-bond donors (Lipinski definition) is 1. The molecule has 0 amide bonds. The van der Waals surface area contributed by atoms with Crippen LogP contribution in [0.25, 0.3) is 11.3 Å². The van der Waals surface area contributed by atoms with Crippen molar-refractivity contribution in [1.82, 2.24) is 10.2 Å². The predicted octanol–water partition coefficient (Wildman–Crippen LogP) is 3.14. The van der Waals surface area contributed by atoms with Crippen LogP contribution in [0.4, 0.5) is 5.69 Å². The molecule has 0 radical (unpaired) electrons. The van der Waals surface area contributed by atoms with Crippen molar-refractivity contribution in [3.8, 4) is 11.3 Å². The van der Waals surface area contributed by atoms with Crippen LogP contribution in [-0.2, 0) is 16.4 Å². The predicted molar refractivity (Wildman–Crippen MR) is 93.4 cm³/mol. The summed E-state index contributed by atoms with van der Waals surface area (Å²) in [7, 11) is -3.63. The summed E-state index contributed by atoms with van der Waals surface area (Å²) in [6.07, 6.45) is 2.39. The van der Waals surface area contributed by atoms with Crippen LogP contribution in [0.3, 0.4) is 0 Å². The van der Waals surface area contributed by atoms with Crippen LogP contribution in [-0.4, -0.2) is 25.2 Å². The fourth-order valence-corrected chi connectivity index (χ4v) is 4.91. The highest BCUT2D eigenvalue weighted by atomic mass is 32.2. The van der Waals surface area contributed by atoms with Crippen LogP contribution < -0.4 is 4.31 Å². The minimum Gasteiger partial charge on any atom is -0.277 e. The first-order valence-corrected chi connectivity index (χ1v) is 9.23. The lowest BCUT2D eigenvalue weighted by molar-refractivity contribution is 0.590. The smallest absolute Gasteiger partial charge is 0.264 e. The van der Waals surface area contributed by atoms with Crippen LogP contribution in [0, 0.1) is 6.92 Å². The summed E-state index contributed by atoms with van der Waals surface area (Å²) in [5.41, 5.74) is 4.22. The van der Waals surface area contributed by atoms with Gasteiger partial charge in [0.05, 0.1) is 22.5 Å². The molecule has 0 fully saturated rings. The van der Waals surface area contributed by atoms with Gasteiger partial charge < -0.3 is 0 Å². The third-order valence-electron chi connectivity index (χ3n) is 4.41. The Hall–Kier alpha value is -2.60. The van der Waals surface area contributed by atoms with Gasteiger partial charge in [0.25, 0.3) is 10.0 Å². The highest BCUT2D eigenvalue weighted by Crippen LogP contribution is 2.37. The molecule has 2 heterocycles. The van der Waals surface area contributed by atoms with Gasteiger partial charge in [-0.3, -0.25) is 9.40 Å². The average Bonchev–Trinajstić information content (AvgIpc) is 2.98. The molecule has 0 bridgehead atoms. The van der Waals surface area contributed by atoms with Crippen LogP contribution in [0.2, 0.25) is 0 Å². The Labute approximate surface area is 141 Å². The Kier molecular flexibility index (Phi) is 3.42. The molecule has 5 nitrogen and oxygen atoms in total. The van der Waals surface area contributed by atoms with E-state index in [2.05, 4.69) is 10.2 Å². The topological polar surface area (TPSA) is 66.1 Å². The van der Waals surface area contributed by atoms with Gasteiger partial charge in [-0.2, -0.15) is 5.10 Å². The van der Waals surface area contributed by atoms with Crippen LogP contribution in [0.5, 0.6) is 0 Å². The number of aromatic amines is 1. The maximum Gasteiger partial charge on any atom is 0.264 e. The molecule has 1 aliphatic heterocycles. The van der Waals surface area contributed by atoms with Crippen molar-refractivity contribution < 1.29 is 8.42 Å². The molecule has 0 aliphatic carbocycles. The summed E-state index contributed by atoms with van der Waals surface area (Å²) in [6.45, 7) is 2.21. The number of sulfonamides is 1. The maximum absolute atomic E-state index is 13.3. The van der Waals surface area contributed by atoms with E-state index in [9.17, 15) is 8.42 Å². The van der Waals surface area contributed by atoms with Crippen molar-refractivity contribution >= 4 is 15.7 Å². The number of nitrogens with one attached hydrogen (secondary N) is 1. The molecule has 4 rings (SSSR count). The van der Waals surface area contributed by atoms with Crippen molar-refractivity contribution in [2.24, 2.45) is 0 Å². The standard InChI is InChI=1S/C18H17N3O2S/c1-13-6-2-5-9-17(13)24(22,23)21-11-10-14-12-19-20-18(14)15-7-3-4-8-16(15)21/h2-9,12H,10-11H2,1H3,(H,19,20). The van der Waals surface area contributed by atoms with Gasteiger partial charge in [0, 0.05) is 12.1 Å². The molecule has 2 aromatic carbocycles. The lowest BCUT2D eigenvalue weighted by Crippen LogP contribution is -2.33. The Morgan fingerprint density at radius 2 is 1.83 bits per heavy atom. The molecule has 0 saturated heterocycles. The summed E-state index contributed by atoms with van der Waals surface area (Å²) in [4.78, 5) is 0.350. The third-order valence-corrected chi connectivity index (χ3v) is 6.38. The van der Waals surface area contributed by atoms with Gasteiger partial charge in [0.1, 0.15) is 0 Å². The molecule has 0 unspecified atom stereocenters. The second-order valence-electron chi connectivity index (χ2n) is 5.88. The normalized spacial score (nSPS) is 14.0. The zero-order valence-corrected chi connectivity index (χ0v) is 14.0. The summed E-state index contributed by atoms with van der Waals surface area (Å²) < 4.78 is 28.1. The number of rotatable bonds is 2. The fraction of sp³-hybridized carbons (Fsp3) is 0.167. The van der Waals surface area contributed by atoms with E-state index < -0.39 is 10.0 Å². The van der Waals surface area contributed by atoms with E-state index in [4.69, 9.17) is 0 Å². The molecule has 1 N–H and O–H groups in total. The molecule has 3 aromatic rings. The van der Waals surface area contributed by atoms with Crippen molar-refractivity contribution in [3.63, 3.8) is 0 Å². The van der Waals surface area contributed by atoms with Crippen molar-refractivity contribution in [1.29, 1.82) is 0 Å². The van der Waals surface area contributed by atoms with Crippen LogP contribution in [0.15, 0.2) is 59.6 Å². The molecule has 24 heavy (non-hydrogen) atoms. The van der Waals surface area contributed by atoms with Gasteiger partial charge >= 0.3 is 0 Å². The first-order chi connectivity index (χ1) is 11.6. The van der Waals surface area contributed by atoms with Gasteiger partial charge in [0.15, 0.2) is 0 Å². The highest BCUT2D eigenvalue weighted by Gasteiger charge is 2.31. The Bertz CT molecular complexity index is 1010. The number of aromatic nitrogens is 2. The SMILES string of the molecule is Cc1ccccc1S(=O)(=O)N1CCc2cn[nH]c2-c2ccccc21. The van der Waals surface area contributed by atoms with Crippen LogP contribution >= 0.6 is 0 Å². The zero-order chi connectivity index (χ0) is 16.7. The zero-order valence-electron chi connectivity index (χ0n) is 13.2. The number of aryl methyl sites for hydroxylation is 1. The molecule has 122 valence electrons. The summed E-state index contributed by atoms with van der Waals surface area (Å²) >= 11 is 0. The van der Waals surface area contributed by atoms with Crippen LogP contribution in [0.1, 0.15) is 11.1 Å². The van der Waals surface area contributed by atoms with Gasteiger partial charge in [-0.25, -0.2) is 8.42 Å². The maximum atomic E-state index is 13.3. The number of hydrogen-bond acceptors (Lipinski definition) is 3. The molecule has 1 aliphatic rings. The highest BCUT2D eigenvalue weighted by molar-refractivity contribution is 7.92. The van der Waals surface area contributed by atoms with Crippen molar-refractivity contribution in [3.05, 3.63) is 65.9 Å². The van der Waals surface area contributed by atoms with E-state index in [1.165, 1.54) is 4.31 Å². The number of para-hydroxylation sites is 1. The Morgan fingerprint density at radius 1 is 1.08 bits per heavy atom. The molecule has 6 heteroatoms. The van der Waals surface area contributed by atoms with E-state index in [0.717, 1.165) is 22.4 Å². The van der Waals surface area contributed by atoms with Crippen molar-refractivity contribution in [2.45, 2.75) is 18.2 Å². The van der Waals surface area contributed by atoms with E-state index in [1.54, 1.807) is 18.3 Å². The molecule has 0 atom stereocenters. The lowest BCUT2D eigenvalue weighted by Gasteiger charge is -2.25. The number of benzene rings is 2. The fourth-order valence-electron chi connectivity index (χ4n) is 3.19. The first kappa shape index (κ1) is 15.0. The Morgan fingerprint density at radius 3 is 2.67 bits per heavy atom. The monoisotopic (exact) mass is 339 g/mol. The summed E-state index contributed by atoms with van der Waals surface area (Å²) in [5.74, 6) is 0. The van der Waals surface area contributed by atoms with Gasteiger partial charge in [-0.15, -0.1) is 0 Å². The summed E-state index contributed by atoms with van der Waals surface area (Å²) in [6, 6.07) is 14.6. The molecule has 0 spiro atoms. The lowest BCUT2D eigenvalue weighted by atomic mass is 10.1. The molecule has 0 saturated carbocycles. The van der Waals surface area contributed by atoms with Gasteiger partial charge in [-0.05, 0) is 36.6 Å². The third kappa shape index (κ3) is 2.22. The summed E-state index contributed by atoms with van der Waals surface area (Å²) in [5, 5.41) is 7.12. The molecular weight excluding hydrogens is 322 g/mol. The van der Waals surface area contributed by atoms with E-state index in [-0.39, 0.29) is 0 Å². The Balaban J connectivity index is 1.91. The second kappa shape index (κ2) is 5.49. The minimum absolute atomic E-state index is 0.350. The number of H-pyrrole nitrogens is 1. The number of nitrogens with zero attached hydrogens (tertiary/aromatic N) is 2. The molecular formula is C18H17N3O2S. The first-order valence-electron chi connectivity index (χ1n) is 7.79. The average molecular weight is 339 g/mol.